The maximum absolute atomic E-state index is 13.8. The van der Waals surface area contributed by atoms with Crippen LogP contribution in [0.3, 0.4) is 0 Å². The van der Waals surface area contributed by atoms with Gasteiger partial charge in [-0.15, -0.1) is 0 Å². The van der Waals surface area contributed by atoms with Gasteiger partial charge in [0.05, 0.1) is 12.2 Å². The van der Waals surface area contributed by atoms with Gasteiger partial charge >= 0.3 is 0 Å². The fourth-order valence-corrected chi connectivity index (χ4v) is 5.35. The molecule has 2 rings (SSSR count). The lowest BCUT2D eigenvalue weighted by molar-refractivity contribution is -0.784. The molecule has 0 bridgehead atoms. The predicted molar refractivity (Wildman–Crippen MR) is 192 cm³/mol. The molecule has 0 fully saturated rings. The van der Waals surface area contributed by atoms with E-state index < -0.39 is 47.9 Å². The highest BCUT2D eigenvalue weighted by molar-refractivity contribution is 5.99. The second-order valence-electron chi connectivity index (χ2n) is 14.3. The van der Waals surface area contributed by atoms with E-state index in [1.165, 1.54) is 18.4 Å². The number of aromatic nitrogens is 1. The topological polar surface area (TPSA) is 198 Å². The van der Waals surface area contributed by atoms with Gasteiger partial charge in [0.1, 0.15) is 24.7 Å². The third kappa shape index (κ3) is 14.8. The van der Waals surface area contributed by atoms with Crippen LogP contribution in [0.25, 0.3) is 0 Å². The summed E-state index contributed by atoms with van der Waals surface area (Å²) in [7, 11) is 0. The molecule has 0 spiro atoms. The summed E-state index contributed by atoms with van der Waals surface area (Å²) in [6.45, 7) is 15.7. The molecule has 14 heteroatoms. The van der Waals surface area contributed by atoms with Crippen molar-refractivity contribution in [2.45, 2.75) is 111 Å². The molecule has 2 heterocycles. The Morgan fingerprint density at radius 3 is 2.18 bits per heavy atom. The molecule has 0 saturated heterocycles. The minimum atomic E-state index is -0.930. The first-order valence-electron chi connectivity index (χ1n) is 17.6. The summed E-state index contributed by atoms with van der Waals surface area (Å²) in [6.07, 6.45) is 7.58. The molecule has 1 aliphatic heterocycles. The SMILES string of the molecule is CCC[C@H](NC(=O)[C@H](CC(C)(C)C)NC(=O)C1=CC[NH+]([O-])C=C1)C(=O)N[C@H](CN[C@@H](C)C(=O)N[C@H](C(=O)NCC)C(C)C)Cc1ccccn1. The number of carbonyl (C=O) groups is 5. The Balaban J connectivity index is 2.19. The van der Waals surface area contributed by atoms with Crippen LogP contribution < -0.4 is 37.0 Å². The average molecular weight is 699 g/mol. The summed E-state index contributed by atoms with van der Waals surface area (Å²) in [5, 5.41) is 28.9. The smallest absolute Gasteiger partial charge is 0.252 e. The fraction of sp³-hybridized carbons (Fsp3) is 0.611. The number of quaternary nitrogens is 1. The Kier molecular flexibility index (Phi) is 17.2. The fourth-order valence-electron chi connectivity index (χ4n) is 5.35. The van der Waals surface area contributed by atoms with Gasteiger partial charge in [-0.1, -0.05) is 54.0 Å². The quantitative estimate of drug-likeness (QED) is 0.101. The van der Waals surface area contributed by atoms with Crippen LogP contribution >= 0.6 is 0 Å². The summed E-state index contributed by atoms with van der Waals surface area (Å²) < 4.78 is 0. The van der Waals surface area contributed by atoms with E-state index in [1.54, 1.807) is 19.2 Å². The number of likely N-dealkylation sites (N-methyl/N-ethyl adjacent to an activating group) is 1. The maximum atomic E-state index is 13.8. The lowest BCUT2D eigenvalue weighted by Gasteiger charge is -2.29. The summed E-state index contributed by atoms with van der Waals surface area (Å²) in [4.78, 5) is 70.5. The zero-order valence-corrected chi connectivity index (χ0v) is 30.9. The Hall–Kier alpha value is -4.14. The van der Waals surface area contributed by atoms with Gasteiger partial charge in [0.2, 0.25) is 23.6 Å². The third-order valence-electron chi connectivity index (χ3n) is 8.07. The molecule has 0 aromatic carbocycles. The van der Waals surface area contributed by atoms with Crippen LogP contribution in [0.4, 0.5) is 0 Å². The van der Waals surface area contributed by atoms with Gasteiger partial charge in [-0.25, -0.2) is 0 Å². The first-order valence-corrected chi connectivity index (χ1v) is 17.6. The molecule has 7 N–H and O–H groups in total. The molecule has 1 aromatic rings. The van der Waals surface area contributed by atoms with Crippen LogP contribution in [0, 0.1) is 16.5 Å². The largest absolute Gasteiger partial charge is 0.629 e. The molecule has 1 unspecified atom stereocenters. The normalized spacial score (nSPS) is 17.4. The van der Waals surface area contributed by atoms with Crippen LogP contribution in [0.2, 0.25) is 0 Å². The molecular formula is C36H58N8O6. The van der Waals surface area contributed by atoms with Gasteiger partial charge < -0.3 is 42.2 Å². The zero-order chi connectivity index (χ0) is 37.4. The van der Waals surface area contributed by atoms with Crippen molar-refractivity contribution in [1.29, 1.82) is 0 Å². The molecule has 5 amide bonds. The van der Waals surface area contributed by atoms with Crippen molar-refractivity contribution in [3.63, 3.8) is 0 Å². The maximum Gasteiger partial charge on any atom is 0.252 e. The Morgan fingerprint density at radius 2 is 1.62 bits per heavy atom. The van der Waals surface area contributed by atoms with Crippen molar-refractivity contribution in [3.8, 4) is 0 Å². The van der Waals surface area contributed by atoms with Crippen molar-refractivity contribution >= 4 is 29.5 Å². The highest BCUT2D eigenvalue weighted by Crippen LogP contribution is 2.21. The molecule has 1 aromatic heterocycles. The zero-order valence-electron chi connectivity index (χ0n) is 30.9. The molecule has 14 nitrogen and oxygen atoms in total. The highest BCUT2D eigenvalue weighted by atomic mass is 16.5. The van der Waals surface area contributed by atoms with E-state index in [0.29, 0.717) is 37.8 Å². The highest BCUT2D eigenvalue weighted by Gasteiger charge is 2.32. The number of hydroxylamine groups is 2. The molecular weight excluding hydrogens is 640 g/mol. The number of hydrogen-bond donors (Lipinski definition) is 7. The van der Waals surface area contributed by atoms with Crippen molar-refractivity contribution in [2.75, 3.05) is 19.6 Å². The third-order valence-corrected chi connectivity index (χ3v) is 8.07. The van der Waals surface area contributed by atoms with E-state index in [1.807, 2.05) is 60.6 Å². The van der Waals surface area contributed by atoms with Gasteiger partial charge in [0.15, 0.2) is 0 Å². The van der Waals surface area contributed by atoms with Gasteiger partial charge in [-0.05, 0) is 56.2 Å². The van der Waals surface area contributed by atoms with Crippen LogP contribution in [-0.4, -0.2) is 84.4 Å². The summed E-state index contributed by atoms with van der Waals surface area (Å²) >= 11 is 0. The van der Waals surface area contributed by atoms with Crippen molar-refractivity contribution < 1.29 is 29.0 Å². The summed E-state index contributed by atoms with van der Waals surface area (Å²) in [6, 6.07) is 1.77. The molecule has 0 aliphatic carbocycles. The standard InChI is InChI=1S/C36H58N8O6/c1-9-13-28(41-34(48)29(21-36(6,7)8)42-32(46)25-15-18-44(50)19-16-25)33(47)40-27(20-26-14-11-12-17-38-26)22-39-24(5)31(45)43-30(23(3)4)35(49)37-10-2/h11-12,14-18,23-24,27-30,39,44H,9-10,13,19-22H2,1-8H3,(H,37,49)(H,40,47)(H,41,48)(H,42,46)(H,43,45)/t24-,27-,28-,29-,30-/m0/s1. The number of carbonyl (C=O) groups excluding carboxylic acids is 5. The molecule has 6 atom stereocenters. The molecule has 1 aliphatic rings. The number of amides is 5. The van der Waals surface area contributed by atoms with Gasteiger partial charge in [0, 0.05) is 49.1 Å². The minimum Gasteiger partial charge on any atom is -0.629 e. The van der Waals surface area contributed by atoms with Gasteiger partial charge in [-0.2, -0.15) is 0 Å². The predicted octanol–water partition coefficient (Wildman–Crippen LogP) is 0.406. The minimum absolute atomic E-state index is 0.107. The molecule has 0 saturated carbocycles. The van der Waals surface area contributed by atoms with Crippen LogP contribution in [0.15, 0.2) is 48.3 Å². The summed E-state index contributed by atoms with van der Waals surface area (Å²) in [5.41, 5.74) is 0.697. The first-order chi connectivity index (χ1) is 23.5. The average Bonchev–Trinajstić information content (AvgIpc) is 3.05. The molecule has 278 valence electrons. The van der Waals surface area contributed by atoms with Crippen molar-refractivity contribution in [3.05, 3.63) is 59.2 Å². The Bertz CT molecular complexity index is 1340. The van der Waals surface area contributed by atoms with Crippen molar-refractivity contribution in [1.82, 2.24) is 36.9 Å². The van der Waals surface area contributed by atoms with E-state index in [9.17, 15) is 29.2 Å². The van der Waals surface area contributed by atoms with Crippen LogP contribution in [-0.2, 0) is 30.4 Å². The van der Waals surface area contributed by atoms with E-state index in [4.69, 9.17) is 0 Å². The molecule has 0 radical (unpaired) electrons. The first kappa shape index (κ1) is 42.0. The Labute approximate surface area is 296 Å². The Morgan fingerprint density at radius 1 is 0.920 bits per heavy atom. The van der Waals surface area contributed by atoms with Crippen LogP contribution in [0.1, 0.15) is 80.3 Å². The van der Waals surface area contributed by atoms with E-state index in [-0.39, 0.29) is 41.3 Å². The molecule has 50 heavy (non-hydrogen) atoms. The monoisotopic (exact) mass is 698 g/mol. The van der Waals surface area contributed by atoms with E-state index in [0.717, 1.165) is 5.69 Å². The number of rotatable bonds is 19. The second kappa shape index (κ2) is 20.5. The van der Waals surface area contributed by atoms with Crippen molar-refractivity contribution in [2.24, 2.45) is 11.3 Å². The lowest BCUT2D eigenvalue weighted by atomic mass is 9.87. The number of nitrogens with zero attached hydrogens (tertiary/aromatic N) is 1. The number of hydrogen-bond acceptors (Lipinski definition) is 8. The second-order valence-corrected chi connectivity index (χ2v) is 14.3. The van der Waals surface area contributed by atoms with E-state index in [2.05, 4.69) is 36.9 Å². The van der Waals surface area contributed by atoms with Gasteiger partial charge in [0.25, 0.3) is 5.91 Å². The van der Waals surface area contributed by atoms with Crippen LogP contribution in [0.5, 0.6) is 0 Å². The summed E-state index contributed by atoms with van der Waals surface area (Å²) in [5.74, 6) is -2.10. The van der Waals surface area contributed by atoms with Gasteiger partial charge in [-0.3, -0.25) is 29.0 Å². The number of pyridine rings is 1. The van der Waals surface area contributed by atoms with E-state index >= 15 is 0 Å². The lowest BCUT2D eigenvalue weighted by Crippen LogP contribution is -3.02. The number of nitrogens with one attached hydrogen (secondary N) is 7.